The van der Waals surface area contributed by atoms with Gasteiger partial charge in [-0.3, -0.25) is 19.9 Å². The summed E-state index contributed by atoms with van der Waals surface area (Å²) in [6.07, 6.45) is 7.21. The van der Waals surface area contributed by atoms with Crippen molar-refractivity contribution < 1.29 is 0 Å². The molecule has 0 saturated carbocycles. The van der Waals surface area contributed by atoms with Crippen LogP contribution in [-0.2, 0) is 320 Å². The van der Waals surface area contributed by atoms with Crippen molar-refractivity contribution in [3.05, 3.63) is 155 Å². The van der Waals surface area contributed by atoms with Crippen LogP contribution in [0.1, 0.15) is 0 Å². The molecule has 2 aromatic carbocycles. The Labute approximate surface area is 713 Å². The van der Waals surface area contributed by atoms with Crippen LogP contribution in [0.2, 0.25) is 39.3 Å². The average Bonchev–Trinajstić information content (AvgIpc) is 0.746. The van der Waals surface area contributed by atoms with Gasteiger partial charge in [0, 0.05) is 375 Å². The quantitative estimate of drug-likeness (QED) is 0.0971. The zero-order valence-corrected chi connectivity index (χ0v) is 85.6. The van der Waals surface area contributed by atoms with Gasteiger partial charge in [0.15, 0.2) is 0 Å². The second kappa shape index (κ2) is 53.0. The summed E-state index contributed by atoms with van der Waals surface area (Å²) in [5.41, 5.74) is 10.4. The van der Waals surface area contributed by atoms with Crippen molar-refractivity contribution in [2.24, 2.45) is 4.30 Å². The van der Waals surface area contributed by atoms with Gasteiger partial charge in [0.05, 0.1) is 83.8 Å². The minimum atomic E-state index is -1.68. The van der Waals surface area contributed by atoms with Crippen LogP contribution < -0.4 is 10.4 Å². The molecular weight excluding hydrogens is 2110 g/mol. The van der Waals surface area contributed by atoms with E-state index in [4.69, 9.17) is 64.7 Å². The van der Waals surface area contributed by atoms with Gasteiger partial charge >= 0.3 is 24.8 Å². The maximum atomic E-state index is 5.20. The molecule has 9 nitrogen and oxygen atoms in total. The first-order valence-electron chi connectivity index (χ1n) is 26.3. The predicted molar refractivity (Wildman–Crippen MR) is 543 cm³/mol. The molecule has 529 valence electrons. The molecule has 0 fully saturated rings. The van der Waals surface area contributed by atoms with Crippen LogP contribution in [-0.4, -0.2) is 63.7 Å². The van der Waals surface area contributed by atoms with Crippen LogP contribution in [0.15, 0.2) is 159 Å². The molecule has 0 bridgehead atoms. The molecule has 0 saturated heterocycles. The Balaban J connectivity index is 0.000000216. The third kappa shape index (κ3) is 32.7. The van der Waals surface area contributed by atoms with E-state index in [2.05, 4.69) is 152 Å². The molecule has 0 N–H and O–H groups in total. The van der Waals surface area contributed by atoms with E-state index in [9.17, 15) is 0 Å². The summed E-state index contributed by atoms with van der Waals surface area (Å²) in [7, 11) is 53.5. The molecule has 0 aliphatic rings. The van der Waals surface area contributed by atoms with Crippen LogP contribution >= 0.6 is 44.7 Å². The zero-order chi connectivity index (χ0) is 71.8. The van der Waals surface area contributed by atoms with E-state index in [1.807, 2.05) is 97.3 Å². The molecular formula is C50H43BBr2N9S36Si2. The summed E-state index contributed by atoms with van der Waals surface area (Å²) in [5, 5.41) is 7.20. The first kappa shape index (κ1) is 90.9. The van der Waals surface area contributed by atoms with Crippen LogP contribution in [0.25, 0.3) is 89.2 Å². The molecule has 0 unspecified atom stereocenters. The summed E-state index contributed by atoms with van der Waals surface area (Å²) < 4.78 is 4.61. The van der Waals surface area contributed by atoms with Crippen LogP contribution in [0.4, 0.5) is 0 Å². The number of aromatic nitrogens is 8. The topological polar surface area (TPSA) is 115 Å². The molecule has 8 aromatic heterocycles. The van der Waals surface area contributed by atoms with E-state index >= 15 is 0 Å². The van der Waals surface area contributed by atoms with Crippen LogP contribution in [0, 0.1) is 0 Å². The third-order valence-corrected chi connectivity index (χ3v) is 81.4. The number of rotatable bonds is 6. The van der Waals surface area contributed by atoms with Gasteiger partial charge in [0.2, 0.25) is 0 Å². The van der Waals surface area contributed by atoms with Gasteiger partial charge in [-0.05, 0) is 83.2 Å². The molecule has 100 heavy (non-hydrogen) atoms. The standard InChI is InChI=1S/C28H30N4Si2.C22H12Br2N4.BHNS.S18.S17/c1-33(2,3)25-17-23(21-11-7-9-15-29-21)31-27-19(25)13-14-20-26(34(4,5)6)18-24(32-28(20)27)22-12-8-10-16-30-22;23-15-11-19(17-5-1-3-9-25-17)27-21-13(15)7-8-14-16(24)12-20(28-22(14)21)18-6-2-4-10-26-18;1-2-3;1-3-5-7-9-11-13-15-17-18-16-14-12-10-8-6-4-2;1-3-5-7-9-11-13-15-17-16-14-12-10-8-6-4-2/h7-18H,1-6H3;1-12H;3H;;. The number of nitrogens with zero attached hydrogens (tertiary/aromatic N) is 9. The van der Waals surface area contributed by atoms with Crippen molar-refractivity contribution in [2.45, 2.75) is 39.3 Å². The molecule has 10 aromatic rings. The van der Waals surface area contributed by atoms with Gasteiger partial charge in [0.1, 0.15) is 0 Å². The number of hydrogen-bond acceptors (Lipinski definition) is 14. The van der Waals surface area contributed by atoms with Crippen molar-refractivity contribution in [1.82, 2.24) is 39.9 Å². The van der Waals surface area contributed by atoms with Crippen molar-refractivity contribution in [3.63, 3.8) is 0 Å². The number of halogens is 2. The summed E-state index contributed by atoms with van der Waals surface area (Å²) in [6, 6.07) is 40.8. The van der Waals surface area contributed by atoms with E-state index < -0.39 is 16.1 Å². The Morgan fingerprint density at radius 1 is 0.310 bits per heavy atom. The van der Waals surface area contributed by atoms with Crippen LogP contribution in [0.5, 0.6) is 0 Å². The maximum absolute atomic E-state index is 5.20. The fraction of sp³-hybridized carbons (Fsp3) is 0.120. The molecule has 8 heterocycles. The molecule has 0 spiro atoms. The van der Waals surface area contributed by atoms with Gasteiger partial charge < -0.3 is 0 Å². The first-order valence-corrected chi connectivity index (χ1v) is 79.3. The Morgan fingerprint density at radius 3 is 0.710 bits per heavy atom. The molecule has 0 atom stereocenters. The Bertz CT molecular complexity index is 5850. The molecule has 10 rings (SSSR count). The molecule has 1 radical (unpaired) electrons. The van der Waals surface area contributed by atoms with E-state index in [-0.39, 0.29) is 0 Å². The first-order chi connectivity index (χ1) is 48.6. The van der Waals surface area contributed by atoms with E-state index in [1.165, 1.54) is 56.7 Å². The predicted octanol–water partition coefficient (Wildman–Crippen LogP) is 12.5. The summed E-state index contributed by atoms with van der Waals surface area (Å²) >= 11 is 29.5. The van der Waals surface area contributed by atoms with Crippen molar-refractivity contribution >= 4 is 442 Å². The zero-order valence-electron chi connectivity index (χ0n) is 51.0. The van der Waals surface area contributed by atoms with Crippen molar-refractivity contribution in [2.75, 3.05) is 0 Å². The summed E-state index contributed by atoms with van der Waals surface area (Å²) in [6.45, 7) is 14.3. The van der Waals surface area contributed by atoms with Crippen molar-refractivity contribution in [3.8, 4) is 45.6 Å². The van der Waals surface area contributed by atoms with E-state index in [0.717, 1.165) is 87.3 Å². The van der Waals surface area contributed by atoms with Crippen LogP contribution in [0.3, 0.4) is 0 Å². The molecule has 0 aliphatic heterocycles. The van der Waals surface area contributed by atoms with Crippen molar-refractivity contribution in [1.29, 1.82) is 0 Å². The SMILES string of the molecule is Brc1cc(-c2ccccn2)nc2c1ccc1c(Br)cc(-c3ccccn3)nc12.C[Si](C)(C)c1cc(-c2ccccn2)nc2c1ccc1c([Si](C)(C)C)cc(-c3ccccn3)nc12.S=S=S=S=S=S=S=S=S=S=S=S=S=S=S=S=S.S=S=S=S=S=S=S=S=S=S=S=S=S=S=S=S=S=S.[B]=NS. The fourth-order valence-electron chi connectivity index (χ4n) is 8.00. The number of hydrogen-bond donors (Lipinski definition) is 1. The van der Waals surface area contributed by atoms with Gasteiger partial charge in [0.25, 0.3) is 0 Å². The summed E-state index contributed by atoms with van der Waals surface area (Å²) in [5.74, 6) is 0. The number of fused-ring (bicyclic) bond motifs is 6. The van der Waals surface area contributed by atoms with Gasteiger partial charge in [-0.25, -0.2) is 19.9 Å². The average molecular weight is 2150 g/mol. The third-order valence-electron chi connectivity index (χ3n) is 11.5. The minimum absolute atomic E-state index is 0.800. The Kier molecular flexibility index (Phi) is 48.2. The van der Waals surface area contributed by atoms with Gasteiger partial charge in [-0.1, -0.05) is 120 Å². The monoisotopic (exact) mass is 2150 g/mol. The van der Waals surface area contributed by atoms with Gasteiger partial charge in [-0.15, -0.1) is 0 Å². The summed E-state index contributed by atoms with van der Waals surface area (Å²) in [4.78, 5) is 38.3. The Morgan fingerprint density at radius 2 is 0.510 bits per heavy atom. The molecule has 0 amide bonds. The normalized spacial score (nSPS) is 10.0. The molecule has 50 heteroatoms. The van der Waals surface area contributed by atoms with E-state index in [0.29, 0.717) is 0 Å². The number of benzene rings is 2. The molecule has 0 aliphatic carbocycles. The fourth-order valence-corrected chi connectivity index (χ4v) is 86.3. The second-order valence-corrected chi connectivity index (χ2v) is 86.2. The van der Waals surface area contributed by atoms with Gasteiger partial charge in [-0.2, -0.15) is 0 Å². The number of thiol groups is 1. The Hall–Kier alpha value is 1.99. The number of pyridine rings is 8. The van der Waals surface area contributed by atoms with E-state index in [1.54, 1.807) is 252 Å². The second-order valence-electron chi connectivity index (χ2n) is 19.4.